The van der Waals surface area contributed by atoms with Crippen molar-refractivity contribution in [2.45, 2.75) is 25.8 Å². The van der Waals surface area contributed by atoms with Crippen molar-refractivity contribution in [1.29, 1.82) is 0 Å². The summed E-state index contributed by atoms with van der Waals surface area (Å²) in [5.41, 5.74) is 1.29. The lowest BCUT2D eigenvalue weighted by Gasteiger charge is -2.27. The molecule has 2 heterocycles. The Kier molecular flexibility index (Phi) is 5.62. The van der Waals surface area contributed by atoms with Gasteiger partial charge in [-0.25, -0.2) is 9.78 Å². The largest absolute Gasteiger partial charge is 0.493 e. The fourth-order valence-corrected chi connectivity index (χ4v) is 3.52. The molecule has 0 saturated carbocycles. The number of nitrogens with zero attached hydrogens (tertiary/aromatic N) is 2. The van der Waals surface area contributed by atoms with Crippen LogP contribution in [0.4, 0.5) is 0 Å². The minimum Gasteiger partial charge on any atom is -0.493 e. The molecule has 6 heteroatoms. The summed E-state index contributed by atoms with van der Waals surface area (Å²) in [6, 6.07) is 20.6. The Bertz CT molecular complexity index is 1150. The molecule has 4 rings (SSSR count). The zero-order valence-corrected chi connectivity index (χ0v) is 17.5. The summed E-state index contributed by atoms with van der Waals surface area (Å²) in [7, 11) is 0. The number of ether oxygens (including phenoxy) is 1. The van der Waals surface area contributed by atoms with Crippen LogP contribution in [0.2, 0.25) is 0 Å². The van der Waals surface area contributed by atoms with Crippen LogP contribution in [0.15, 0.2) is 83.5 Å². The van der Waals surface area contributed by atoms with Crippen molar-refractivity contribution in [3.8, 4) is 17.2 Å². The van der Waals surface area contributed by atoms with Crippen LogP contribution in [0.25, 0.3) is 11.5 Å². The van der Waals surface area contributed by atoms with Crippen LogP contribution in [-0.2, 0) is 16.8 Å². The number of benzene rings is 2. The van der Waals surface area contributed by atoms with E-state index in [1.165, 1.54) is 0 Å². The highest BCUT2D eigenvalue weighted by Gasteiger charge is 2.36. The minimum absolute atomic E-state index is 0.439. The number of aliphatic carboxylic acids is 1. The van der Waals surface area contributed by atoms with Gasteiger partial charge in [-0.1, -0.05) is 30.3 Å². The van der Waals surface area contributed by atoms with E-state index < -0.39 is 11.5 Å². The van der Waals surface area contributed by atoms with Crippen LogP contribution in [0.3, 0.4) is 0 Å². The predicted octanol–water partition coefficient (Wildman–Crippen LogP) is 4.92. The number of carboxylic acids is 1. The minimum atomic E-state index is -1.19. The van der Waals surface area contributed by atoms with Crippen LogP contribution >= 0.6 is 0 Å². The lowest BCUT2D eigenvalue weighted by Crippen LogP contribution is -2.39. The molecule has 0 spiro atoms. The summed E-state index contributed by atoms with van der Waals surface area (Å²) in [6.07, 6.45) is 4.12. The van der Waals surface area contributed by atoms with E-state index in [2.05, 4.69) is 4.98 Å². The molecule has 0 aliphatic heterocycles. The monoisotopic (exact) mass is 416 g/mol. The van der Waals surface area contributed by atoms with Gasteiger partial charge in [0, 0.05) is 24.4 Å². The molecule has 2 aromatic heterocycles. The molecule has 6 nitrogen and oxygen atoms in total. The average molecular weight is 416 g/mol. The number of aromatic nitrogens is 2. The molecule has 31 heavy (non-hydrogen) atoms. The second-order valence-electron chi connectivity index (χ2n) is 7.48. The summed E-state index contributed by atoms with van der Waals surface area (Å²) in [5, 5.41) is 9.84. The average Bonchev–Trinajstić information content (AvgIpc) is 3.45. The summed E-state index contributed by atoms with van der Waals surface area (Å²) in [4.78, 5) is 16.6. The molecule has 0 amide bonds. The van der Waals surface area contributed by atoms with Gasteiger partial charge in [-0.05, 0) is 55.8 Å². The highest BCUT2D eigenvalue weighted by molar-refractivity contribution is 5.80. The number of rotatable bonds is 8. The van der Waals surface area contributed by atoms with E-state index in [-0.39, 0.29) is 0 Å². The quantitative estimate of drug-likeness (QED) is 0.441. The maximum atomic E-state index is 12.0. The molecule has 1 N–H and O–H groups in total. The Morgan fingerprint density at radius 1 is 1.06 bits per heavy atom. The van der Waals surface area contributed by atoms with Crippen molar-refractivity contribution in [2.75, 3.05) is 6.61 Å². The summed E-state index contributed by atoms with van der Waals surface area (Å²) in [6.45, 7) is 4.02. The molecule has 0 aliphatic rings. The zero-order valence-electron chi connectivity index (χ0n) is 17.5. The topological polar surface area (TPSA) is 77.5 Å². The highest BCUT2D eigenvalue weighted by atomic mass is 16.5. The standard InChI is InChI=1S/C25H24N2O4/c1-18-22(26-23(31-18)19-8-4-3-5-9-19)14-17-30-21-12-10-20(11-13-21)25(2,24(28)29)27-15-6-7-16-27/h3-13,15-16H,14,17H2,1-2H3,(H,28,29). The second kappa shape index (κ2) is 8.52. The molecular weight excluding hydrogens is 392 g/mol. The third-order valence-electron chi connectivity index (χ3n) is 5.47. The SMILES string of the molecule is Cc1oc(-c2ccccc2)nc1CCOc1ccc(C(C)(C(=O)O)n2cccc2)cc1. The lowest BCUT2D eigenvalue weighted by atomic mass is 9.91. The van der Waals surface area contributed by atoms with Gasteiger partial charge in [0.15, 0.2) is 5.54 Å². The third kappa shape index (κ3) is 4.10. The molecule has 0 bridgehead atoms. The molecule has 0 saturated heterocycles. The molecule has 2 aromatic carbocycles. The predicted molar refractivity (Wildman–Crippen MR) is 117 cm³/mol. The number of carboxylic acid groups (broad SMARTS) is 1. The molecule has 0 aliphatic carbocycles. The van der Waals surface area contributed by atoms with Gasteiger partial charge in [0.25, 0.3) is 0 Å². The summed E-state index contributed by atoms with van der Waals surface area (Å²) in [5.74, 6) is 1.14. The van der Waals surface area contributed by atoms with Gasteiger partial charge in [-0.15, -0.1) is 0 Å². The third-order valence-corrected chi connectivity index (χ3v) is 5.47. The van der Waals surface area contributed by atoms with Gasteiger partial charge < -0.3 is 18.8 Å². The fourth-order valence-electron chi connectivity index (χ4n) is 3.52. The highest BCUT2D eigenvalue weighted by Crippen LogP contribution is 2.28. The second-order valence-corrected chi connectivity index (χ2v) is 7.48. The Hall–Kier alpha value is -3.80. The zero-order chi connectivity index (χ0) is 21.8. The van der Waals surface area contributed by atoms with Crippen molar-refractivity contribution < 1.29 is 19.1 Å². The fraction of sp³-hybridized carbons (Fsp3) is 0.200. The van der Waals surface area contributed by atoms with E-state index in [9.17, 15) is 9.90 Å². The molecule has 1 unspecified atom stereocenters. The van der Waals surface area contributed by atoms with Gasteiger partial charge in [-0.3, -0.25) is 0 Å². The van der Waals surface area contributed by atoms with E-state index in [0.717, 1.165) is 17.0 Å². The van der Waals surface area contributed by atoms with Crippen molar-refractivity contribution in [3.05, 3.63) is 96.1 Å². The first-order chi connectivity index (χ1) is 15.0. The van der Waals surface area contributed by atoms with Crippen molar-refractivity contribution >= 4 is 5.97 Å². The van der Waals surface area contributed by atoms with Crippen molar-refractivity contribution in [2.24, 2.45) is 0 Å². The van der Waals surface area contributed by atoms with Crippen LogP contribution in [0, 0.1) is 6.92 Å². The first-order valence-electron chi connectivity index (χ1n) is 10.1. The Labute approximate surface area is 180 Å². The van der Waals surface area contributed by atoms with E-state index in [1.54, 1.807) is 48.1 Å². The number of carbonyl (C=O) groups is 1. The van der Waals surface area contributed by atoms with Crippen molar-refractivity contribution in [3.63, 3.8) is 0 Å². The molecule has 0 radical (unpaired) electrons. The Balaban J connectivity index is 1.42. The van der Waals surface area contributed by atoms with E-state index in [4.69, 9.17) is 9.15 Å². The first-order valence-corrected chi connectivity index (χ1v) is 10.1. The smallest absolute Gasteiger partial charge is 0.334 e. The van der Waals surface area contributed by atoms with Crippen LogP contribution in [-0.4, -0.2) is 27.2 Å². The molecular formula is C25H24N2O4. The van der Waals surface area contributed by atoms with Gasteiger partial charge >= 0.3 is 5.97 Å². The molecule has 158 valence electrons. The molecule has 1 atom stereocenters. The van der Waals surface area contributed by atoms with Crippen LogP contribution in [0.5, 0.6) is 5.75 Å². The number of hydrogen-bond donors (Lipinski definition) is 1. The number of hydrogen-bond acceptors (Lipinski definition) is 4. The van der Waals surface area contributed by atoms with Gasteiger partial charge in [-0.2, -0.15) is 0 Å². The Morgan fingerprint density at radius 3 is 2.39 bits per heavy atom. The van der Waals surface area contributed by atoms with Gasteiger partial charge in [0.2, 0.25) is 5.89 Å². The van der Waals surface area contributed by atoms with Crippen LogP contribution < -0.4 is 4.74 Å². The molecule has 4 aromatic rings. The molecule has 0 fully saturated rings. The van der Waals surface area contributed by atoms with E-state index in [0.29, 0.717) is 30.2 Å². The van der Waals surface area contributed by atoms with Crippen LogP contribution in [0.1, 0.15) is 23.9 Å². The first kappa shape index (κ1) is 20.5. The normalized spacial score (nSPS) is 13.0. The van der Waals surface area contributed by atoms with E-state index >= 15 is 0 Å². The van der Waals surface area contributed by atoms with Gasteiger partial charge in [0.1, 0.15) is 11.5 Å². The summed E-state index contributed by atoms with van der Waals surface area (Å²) < 4.78 is 13.3. The van der Waals surface area contributed by atoms with Gasteiger partial charge in [0.05, 0.1) is 12.3 Å². The van der Waals surface area contributed by atoms with Crippen molar-refractivity contribution in [1.82, 2.24) is 9.55 Å². The summed E-state index contributed by atoms with van der Waals surface area (Å²) >= 11 is 0. The number of oxazole rings is 1. The maximum absolute atomic E-state index is 12.0. The maximum Gasteiger partial charge on any atom is 0.334 e. The number of aryl methyl sites for hydroxylation is 1. The van der Waals surface area contributed by atoms with E-state index in [1.807, 2.05) is 49.4 Å². The lowest BCUT2D eigenvalue weighted by molar-refractivity contribution is -0.144. The Morgan fingerprint density at radius 2 is 1.74 bits per heavy atom.